The Morgan fingerprint density at radius 2 is 1.97 bits per heavy atom. The van der Waals surface area contributed by atoms with Gasteiger partial charge in [-0.25, -0.2) is 12.8 Å². The SMILES string of the molecule is CCN1/C(=C(C#N)/C=C(F)/C=C2/C(O)c3ccccc3S2(=O)=O)Sc2ccccc21. The zero-order chi connectivity index (χ0) is 21.5. The number of para-hydroxylation sites is 1. The third-order valence-electron chi connectivity index (χ3n) is 4.92. The van der Waals surface area contributed by atoms with Crippen molar-refractivity contribution in [2.45, 2.75) is 22.8 Å². The van der Waals surface area contributed by atoms with Crippen molar-refractivity contribution in [2.24, 2.45) is 0 Å². The number of thioether (sulfide) groups is 1. The molecule has 0 fully saturated rings. The number of fused-ring (bicyclic) bond motifs is 2. The largest absolute Gasteiger partial charge is 0.383 e. The van der Waals surface area contributed by atoms with Crippen LogP contribution in [0.15, 0.2) is 91.8 Å². The molecule has 152 valence electrons. The van der Waals surface area contributed by atoms with Crippen molar-refractivity contribution in [3.8, 4) is 6.07 Å². The Balaban J connectivity index is 1.75. The molecule has 0 saturated heterocycles. The van der Waals surface area contributed by atoms with E-state index in [2.05, 4.69) is 0 Å². The molecule has 2 aromatic carbocycles. The smallest absolute Gasteiger partial charge is 0.206 e. The lowest BCUT2D eigenvalue weighted by molar-refractivity contribution is 0.224. The number of hydrogen-bond donors (Lipinski definition) is 1. The summed E-state index contributed by atoms with van der Waals surface area (Å²) in [6, 6.07) is 15.7. The highest BCUT2D eigenvalue weighted by Crippen LogP contribution is 2.47. The number of nitrogens with zero attached hydrogens (tertiary/aromatic N) is 2. The number of aliphatic hydroxyl groups is 1. The number of sulfone groups is 1. The molecule has 2 aliphatic heterocycles. The van der Waals surface area contributed by atoms with E-state index in [1.54, 1.807) is 12.1 Å². The van der Waals surface area contributed by atoms with Crippen LogP contribution >= 0.6 is 11.8 Å². The van der Waals surface area contributed by atoms with Crippen molar-refractivity contribution >= 4 is 27.3 Å². The molecule has 0 saturated carbocycles. The van der Waals surface area contributed by atoms with Gasteiger partial charge in [0.15, 0.2) is 0 Å². The standard InChI is InChI=1S/C22H17FN2O3S2/c1-2-25-17-8-4-5-9-18(17)29-22(25)14(13-24)11-15(23)12-20-21(26)16-7-3-6-10-19(16)30(20,27)28/h3-12,21,26H,2H2,1H3/b15-11-,20-12-,22-14+. The molecular formula is C22H17FN2O3S2. The van der Waals surface area contributed by atoms with Crippen LogP contribution in [0.1, 0.15) is 18.6 Å². The monoisotopic (exact) mass is 440 g/mol. The molecule has 30 heavy (non-hydrogen) atoms. The van der Waals surface area contributed by atoms with Crippen molar-refractivity contribution in [1.29, 1.82) is 5.26 Å². The van der Waals surface area contributed by atoms with E-state index in [9.17, 15) is 23.2 Å². The normalized spacial score (nSPS) is 22.6. The summed E-state index contributed by atoms with van der Waals surface area (Å²) in [5.41, 5.74) is 1.23. The van der Waals surface area contributed by atoms with E-state index >= 15 is 0 Å². The van der Waals surface area contributed by atoms with Crippen LogP contribution in [0, 0.1) is 11.3 Å². The fourth-order valence-corrected chi connectivity index (χ4v) is 6.42. The minimum atomic E-state index is -4.00. The van der Waals surface area contributed by atoms with Crippen molar-refractivity contribution in [3.63, 3.8) is 0 Å². The summed E-state index contributed by atoms with van der Waals surface area (Å²) in [4.78, 5) is 2.40. The molecule has 0 bridgehead atoms. The Hall–Kier alpha value is -2.86. The van der Waals surface area contributed by atoms with Crippen molar-refractivity contribution in [3.05, 3.63) is 87.6 Å². The molecule has 1 unspecified atom stereocenters. The molecule has 1 atom stereocenters. The van der Waals surface area contributed by atoms with E-state index in [1.807, 2.05) is 42.2 Å². The number of halogens is 1. The van der Waals surface area contributed by atoms with Crippen LogP contribution in [-0.4, -0.2) is 20.1 Å². The summed E-state index contributed by atoms with van der Waals surface area (Å²) >= 11 is 1.36. The molecule has 8 heteroatoms. The number of anilines is 1. The average Bonchev–Trinajstić information content (AvgIpc) is 3.21. The van der Waals surface area contributed by atoms with Gasteiger partial charge in [-0.3, -0.25) is 0 Å². The quantitative estimate of drug-likeness (QED) is 0.702. The number of nitriles is 1. The highest BCUT2D eigenvalue weighted by molar-refractivity contribution is 8.03. The maximum absolute atomic E-state index is 14.8. The van der Waals surface area contributed by atoms with Crippen LogP contribution in [0.5, 0.6) is 0 Å². The van der Waals surface area contributed by atoms with Crippen LogP contribution in [0.2, 0.25) is 0 Å². The second kappa shape index (κ2) is 7.76. The summed E-state index contributed by atoms with van der Waals surface area (Å²) < 4.78 is 40.2. The van der Waals surface area contributed by atoms with E-state index in [1.165, 1.54) is 23.9 Å². The lowest BCUT2D eigenvalue weighted by Gasteiger charge is -2.18. The Morgan fingerprint density at radius 1 is 1.27 bits per heavy atom. The van der Waals surface area contributed by atoms with E-state index in [4.69, 9.17) is 0 Å². The Morgan fingerprint density at radius 3 is 2.67 bits per heavy atom. The van der Waals surface area contributed by atoms with Crippen molar-refractivity contribution < 1.29 is 17.9 Å². The van der Waals surface area contributed by atoms with Gasteiger partial charge in [-0.15, -0.1) is 0 Å². The maximum Gasteiger partial charge on any atom is 0.206 e. The highest BCUT2D eigenvalue weighted by Gasteiger charge is 2.39. The van der Waals surface area contributed by atoms with Crippen molar-refractivity contribution in [2.75, 3.05) is 11.4 Å². The maximum atomic E-state index is 14.8. The predicted molar refractivity (Wildman–Crippen MR) is 114 cm³/mol. The molecular weight excluding hydrogens is 423 g/mol. The summed E-state index contributed by atoms with van der Waals surface area (Å²) in [6.07, 6.45) is 0.358. The minimum absolute atomic E-state index is 0.0330. The van der Waals surface area contributed by atoms with Gasteiger partial charge in [0.2, 0.25) is 9.84 Å². The molecule has 5 nitrogen and oxygen atoms in total. The first-order valence-electron chi connectivity index (χ1n) is 9.18. The van der Waals surface area contributed by atoms with Gasteiger partial charge in [-0.05, 0) is 37.3 Å². The van der Waals surface area contributed by atoms with Gasteiger partial charge in [-0.1, -0.05) is 42.1 Å². The second-order valence-electron chi connectivity index (χ2n) is 6.66. The van der Waals surface area contributed by atoms with E-state index < -0.39 is 26.7 Å². The average molecular weight is 441 g/mol. The zero-order valence-electron chi connectivity index (χ0n) is 15.9. The third-order valence-corrected chi connectivity index (χ3v) is 8.03. The molecule has 2 aromatic rings. The van der Waals surface area contributed by atoms with E-state index in [-0.39, 0.29) is 16.0 Å². The number of hydrogen-bond acceptors (Lipinski definition) is 6. The van der Waals surface area contributed by atoms with Crippen LogP contribution in [0.4, 0.5) is 10.1 Å². The molecule has 4 rings (SSSR count). The first-order chi connectivity index (χ1) is 14.4. The van der Waals surface area contributed by atoms with Crippen molar-refractivity contribution in [1.82, 2.24) is 0 Å². The summed E-state index contributed by atoms with van der Waals surface area (Å²) in [6.45, 7) is 2.52. The van der Waals surface area contributed by atoms with Gasteiger partial charge in [0, 0.05) is 17.0 Å². The van der Waals surface area contributed by atoms with Gasteiger partial charge in [-0.2, -0.15) is 5.26 Å². The first kappa shape index (κ1) is 20.4. The third kappa shape index (κ3) is 3.25. The second-order valence-corrected chi connectivity index (χ2v) is 9.61. The predicted octanol–water partition coefficient (Wildman–Crippen LogP) is 4.61. The van der Waals surface area contributed by atoms with E-state index in [0.29, 0.717) is 11.6 Å². The molecule has 2 heterocycles. The molecule has 0 radical (unpaired) electrons. The lowest BCUT2D eigenvalue weighted by Crippen LogP contribution is -2.17. The fourth-order valence-electron chi connectivity index (χ4n) is 3.54. The van der Waals surface area contributed by atoms with Crippen LogP contribution < -0.4 is 4.90 Å². The number of allylic oxidation sites excluding steroid dienone is 4. The number of rotatable bonds is 3. The summed E-state index contributed by atoms with van der Waals surface area (Å²) in [7, 11) is -4.00. The molecule has 0 spiro atoms. The van der Waals surface area contributed by atoms with Gasteiger partial charge < -0.3 is 10.0 Å². The molecule has 0 aromatic heterocycles. The zero-order valence-corrected chi connectivity index (χ0v) is 17.5. The Bertz CT molecular complexity index is 1270. The molecule has 2 aliphatic rings. The molecule has 0 amide bonds. The highest BCUT2D eigenvalue weighted by atomic mass is 32.2. The van der Waals surface area contributed by atoms with Gasteiger partial charge in [0.25, 0.3) is 0 Å². The topological polar surface area (TPSA) is 81.4 Å². The minimum Gasteiger partial charge on any atom is -0.383 e. The van der Waals surface area contributed by atoms with E-state index in [0.717, 1.165) is 22.7 Å². The Labute approximate surface area is 178 Å². The van der Waals surface area contributed by atoms with Crippen LogP contribution in [0.25, 0.3) is 0 Å². The van der Waals surface area contributed by atoms with Gasteiger partial charge >= 0.3 is 0 Å². The molecule has 0 aliphatic carbocycles. The van der Waals surface area contributed by atoms with Gasteiger partial charge in [0.1, 0.15) is 18.0 Å². The Kier molecular flexibility index (Phi) is 5.28. The molecule has 1 N–H and O–H groups in total. The lowest BCUT2D eigenvalue weighted by atomic mass is 10.1. The first-order valence-corrected chi connectivity index (χ1v) is 11.5. The summed E-state index contributed by atoms with van der Waals surface area (Å²) in [5.74, 6) is -0.919. The van der Waals surface area contributed by atoms with Crippen LogP contribution in [-0.2, 0) is 9.84 Å². The fraction of sp³-hybridized carbons (Fsp3) is 0.136. The summed E-state index contributed by atoms with van der Waals surface area (Å²) in [5, 5.41) is 20.6. The van der Waals surface area contributed by atoms with Gasteiger partial charge in [0.05, 0.1) is 26.1 Å². The number of benzene rings is 2. The number of aliphatic hydroxyl groups excluding tert-OH is 1. The van der Waals surface area contributed by atoms with Crippen LogP contribution in [0.3, 0.4) is 0 Å².